The van der Waals surface area contributed by atoms with Crippen LogP contribution in [0.25, 0.3) is 0 Å². The van der Waals surface area contributed by atoms with Gasteiger partial charge in [0.1, 0.15) is 5.82 Å². The number of hydrogen-bond acceptors (Lipinski definition) is 4. The van der Waals surface area contributed by atoms with E-state index in [2.05, 4.69) is 31.2 Å². The highest BCUT2D eigenvalue weighted by atomic mass is 79.9. The van der Waals surface area contributed by atoms with Gasteiger partial charge in [0.2, 0.25) is 5.91 Å². The van der Waals surface area contributed by atoms with Gasteiger partial charge in [0.25, 0.3) is 0 Å². The number of likely N-dealkylation sites (N-methyl/N-ethyl adjacent to an activating group) is 1. The molecule has 0 saturated carbocycles. The molecule has 0 aliphatic heterocycles. The number of nitrogens with one attached hydrogen (secondary N) is 1. The highest BCUT2D eigenvalue weighted by Gasteiger charge is 2.08. The number of amides is 1. The molecular weight excluding hydrogens is 320 g/mol. The van der Waals surface area contributed by atoms with E-state index in [1.807, 2.05) is 36.2 Å². The number of halogens is 1. The molecule has 0 bridgehead atoms. The number of anilines is 1. The van der Waals surface area contributed by atoms with Crippen molar-refractivity contribution < 1.29 is 4.79 Å². The van der Waals surface area contributed by atoms with Crippen LogP contribution < -0.4 is 5.32 Å². The van der Waals surface area contributed by atoms with Gasteiger partial charge in [0.05, 0.1) is 12.2 Å². The van der Waals surface area contributed by atoms with Gasteiger partial charge in [0, 0.05) is 23.4 Å². The fourth-order valence-corrected chi connectivity index (χ4v) is 1.94. The Bertz CT molecular complexity index is 559. The van der Waals surface area contributed by atoms with Gasteiger partial charge in [-0.15, -0.1) is 0 Å². The van der Waals surface area contributed by atoms with E-state index in [0.717, 1.165) is 10.2 Å². The summed E-state index contributed by atoms with van der Waals surface area (Å²) in [5, 5.41) is 2.75. The Morgan fingerprint density at radius 3 is 2.80 bits per heavy atom. The van der Waals surface area contributed by atoms with Crippen LogP contribution in [0.5, 0.6) is 0 Å². The molecule has 1 N–H and O–H groups in total. The Labute approximate surface area is 126 Å². The lowest BCUT2D eigenvalue weighted by atomic mass is 10.3. The van der Waals surface area contributed by atoms with Gasteiger partial charge in [-0.25, -0.2) is 4.98 Å². The smallest absolute Gasteiger partial charge is 0.239 e. The van der Waals surface area contributed by atoms with Gasteiger partial charge in [-0.05, 0) is 47.2 Å². The summed E-state index contributed by atoms with van der Waals surface area (Å²) >= 11 is 3.30. The van der Waals surface area contributed by atoms with Crippen LogP contribution in [0.1, 0.15) is 5.69 Å². The summed E-state index contributed by atoms with van der Waals surface area (Å²) in [6.07, 6.45) is 3.39. The zero-order valence-corrected chi connectivity index (χ0v) is 12.7. The first-order chi connectivity index (χ1) is 9.63. The van der Waals surface area contributed by atoms with Gasteiger partial charge in [-0.2, -0.15) is 0 Å². The normalized spacial score (nSPS) is 10.6. The van der Waals surface area contributed by atoms with Crippen LogP contribution in [0.15, 0.2) is 47.2 Å². The van der Waals surface area contributed by atoms with Crippen molar-refractivity contribution in [2.24, 2.45) is 0 Å². The minimum Gasteiger partial charge on any atom is -0.310 e. The van der Waals surface area contributed by atoms with Crippen molar-refractivity contribution in [3.63, 3.8) is 0 Å². The molecule has 0 aliphatic carbocycles. The molecule has 2 aromatic heterocycles. The van der Waals surface area contributed by atoms with Gasteiger partial charge >= 0.3 is 0 Å². The molecule has 0 atom stereocenters. The number of carbonyl (C=O) groups is 1. The largest absolute Gasteiger partial charge is 0.310 e. The average Bonchev–Trinajstić information content (AvgIpc) is 2.42. The van der Waals surface area contributed by atoms with E-state index >= 15 is 0 Å². The Morgan fingerprint density at radius 2 is 2.15 bits per heavy atom. The molecule has 1 amide bonds. The van der Waals surface area contributed by atoms with E-state index in [-0.39, 0.29) is 12.5 Å². The molecule has 20 heavy (non-hydrogen) atoms. The molecule has 2 aromatic rings. The highest BCUT2D eigenvalue weighted by molar-refractivity contribution is 9.10. The van der Waals surface area contributed by atoms with Crippen molar-refractivity contribution in [3.05, 3.63) is 52.9 Å². The average molecular weight is 335 g/mol. The van der Waals surface area contributed by atoms with Crippen molar-refractivity contribution in [3.8, 4) is 0 Å². The second-order valence-corrected chi connectivity index (χ2v) is 5.32. The predicted molar refractivity (Wildman–Crippen MR) is 81.1 cm³/mol. The van der Waals surface area contributed by atoms with E-state index in [0.29, 0.717) is 12.4 Å². The summed E-state index contributed by atoms with van der Waals surface area (Å²) in [4.78, 5) is 22.1. The number of hydrogen-bond donors (Lipinski definition) is 1. The van der Waals surface area contributed by atoms with E-state index < -0.39 is 0 Å². The first-order valence-electron chi connectivity index (χ1n) is 6.13. The molecule has 0 saturated heterocycles. The summed E-state index contributed by atoms with van der Waals surface area (Å²) in [5.74, 6) is 0.447. The molecule has 6 heteroatoms. The predicted octanol–water partition coefficient (Wildman–Crippen LogP) is 2.31. The maximum absolute atomic E-state index is 11.9. The van der Waals surface area contributed by atoms with Crippen LogP contribution in [-0.2, 0) is 11.3 Å². The molecule has 5 nitrogen and oxygen atoms in total. The van der Waals surface area contributed by atoms with Crippen LogP contribution in [0.4, 0.5) is 5.82 Å². The molecule has 0 spiro atoms. The van der Waals surface area contributed by atoms with Gasteiger partial charge < -0.3 is 5.32 Å². The monoisotopic (exact) mass is 334 g/mol. The number of pyridine rings is 2. The third-order valence-electron chi connectivity index (χ3n) is 2.57. The third-order valence-corrected chi connectivity index (χ3v) is 3.04. The molecule has 0 aromatic carbocycles. The topological polar surface area (TPSA) is 58.1 Å². The number of aromatic nitrogens is 2. The van der Waals surface area contributed by atoms with Crippen molar-refractivity contribution in [1.29, 1.82) is 0 Å². The fourth-order valence-electron chi connectivity index (χ4n) is 1.70. The minimum atomic E-state index is -0.0988. The maximum Gasteiger partial charge on any atom is 0.239 e. The summed E-state index contributed by atoms with van der Waals surface area (Å²) in [6, 6.07) is 9.32. The Morgan fingerprint density at radius 1 is 1.30 bits per heavy atom. The van der Waals surface area contributed by atoms with E-state index in [4.69, 9.17) is 0 Å². The summed E-state index contributed by atoms with van der Waals surface area (Å²) in [5.41, 5.74) is 0.935. The first-order valence-corrected chi connectivity index (χ1v) is 6.92. The fraction of sp³-hybridized carbons (Fsp3) is 0.214. The zero-order chi connectivity index (χ0) is 14.4. The molecule has 2 rings (SSSR count). The van der Waals surface area contributed by atoms with Crippen LogP contribution in [0.3, 0.4) is 0 Å². The van der Waals surface area contributed by atoms with Crippen molar-refractivity contribution in [2.45, 2.75) is 6.54 Å². The Hall–Kier alpha value is -1.79. The lowest BCUT2D eigenvalue weighted by Crippen LogP contribution is -2.30. The van der Waals surface area contributed by atoms with E-state index in [1.165, 1.54) is 0 Å². The highest BCUT2D eigenvalue weighted by Crippen LogP contribution is 2.10. The second kappa shape index (κ2) is 7.12. The van der Waals surface area contributed by atoms with Crippen molar-refractivity contribution >= 4 is 27.7 Å². The van der Waals surface area contributed by atoms with Gasteiger partial charge in [-0.3, -0.25) is 14.7 Å². The molecule has 0 fully saturated rings. The molecule has 0 aliphatic rings. The Balaban J connectivity index is 1.83. The van der Waals surface area contributed by atoms with Crippen LogP contribution in [0, 0.1) is 0 Å². The molecular formula is C14H15BrN4O. The number of nitrogens with zero attached hydrogens (tertiary/aromatic N) is 3. The van der Waals surface area contributed by atoms with Gasteiger partial charge in [-0.1, -0.05) is 6.07 Å². The number of carbonyl (C=O) groups excluding carboxylic acids is 1. The molecule has 104 valence electrons. The quantitative estimate of drug-likeness (QED) is 0.911. The van der Waals surface area contributed by atoms with Crippen LogP contribution >= 0.6 is 15.9 Å². The van der Waals surface area contributed by atoms with Gasteiger partial charge in [0.15, 0.2) is 0 Å². The lowest BCUT2D eigenvalue weighted by Gasteiger charge is -2.15. The van der Waals surface area contributed by atoms with E-state index in [1.54, 1.807) is 18.5 Å². The SMILES string of the molecule is CN(CC(=O)Nc1ccc(Br)cn1)Cc1ccccn1. The third kappa shape index (κ3) is 4.71. The van der Waals surface area contributed by atoms with Crippen molar-refractivity contribution in [2.75, 3.05) is 18.9 Å². The zero-order valence-electron chi connectivity index (χ0n) is 11.1. The van der Waals surface area contributed by atoms with Crippen LogP contribution in [-0.4, -0.2) is 34.4 Å². The summed E-state index contributed by atoms with van der Waals surface area (Å²) < 4.78 is 0.878. The Kier molecular flexibility index (Phi) is 5.20. The molecule has 2 heterocycles. The minimum absolute atomic E-state index is 0.0988. The lowest BCUT2D eigenvalue weighted by molar-refractivity contribution is -0.117. The van der Waals surface area contributed by atoms with Crippen molar-refractivity contribution in [1.82, 2.24) is 14.9 Å². The second-order valence-electron chi connectivity index (χ2n) is 4.40. The summed E-state index contributed by atoms with van der Waals surface area (Å²) in [7, 11) is 1.88. The van der Waals surface area contributed by atoms with E-state index in [9.17, 15) is 4.79 Å². The standard InChI is InChI=1S/C14H15BrN4O/c1-19(9-12-4-2-3-7-16-12)10-14(20)18-13-6-5-11(15)8-17-13/h2-8H,9-10H2,1H3,(H,17,18,20). The number of rotatable bonds is 5. The maximum atomic E-state index is 11.9. The van der Waals surface area contributed by atoms with Crippen LogP contribution in [0.2, 0.25) is 0 Å². The molecule has 0 radical (unpaired) electrons. The first kappa shape index (κ1) is 14.6. The molecule has 0 unspecified atom stereocenters. The summed E-state index contributed by atoms with van der Waals surface area (Å²) in [6.45, 7) is 0.913.